The topological polar surface area (TPSA) is 97.0 Å². The highest BCUT2D eigenvalue weighted by molar-refractivity contribution is 7.99. The molecule has 0 aliphatic rings. The smallest absolute Gasteiger partial charge is 0.255 e. The Morgan fingerprint density at radius 2 is 2.22 bits per heavy atom. The number of halogens is 1. The monoisotopic (exact) mass is 287 g/mol. The molecular weight excluding hydrogens is 278 g/mol. The lowest BCUT2D eigenvalue weighted by molar-refractivity contribution is 0.113. The first-order valence-electron chi connectivity index (χ1n) is 5.02. The molecule has 2 aromatic heterocycles. The minimum atomic E-state index is -0.821. The summed E-state index contributed by atoms with van der Waals surface area (Å²) >= 11 is 6.97. The fraction of sp³-hybridized carbons (Fsp3) is 0.333. The highest BCUT2D eigenvalue weighted by Crippen LogP contribution is 2.16. The fourth-order valence-electron chi connectivity index (χ4n) is 1.10. The Morgan fingerprint density at radius 3 is 2.89 bits per heavy atom. The van der Waals surface area contributed by atoms with Crippen LogP contribution in [0.4, 0.5) is 0 Å². The molecule has 96 valence electrons. The zero-order valence-corrected chi connectivity index (χ0v) is 10.7. The van der Waals surface area contributed by atoms with Crippen molar-refractivity contribution in [3.05, 3.63) is 23.7 Å². The predicted octanol–water partition coefficient (Wildman–Crippen LogP) is 0.156. The summed E-state index contributed by atoms with van der Waals surface area (Å²) in [7, 11) is 0. The maximum Gasteiger partial charge on any atom is 0.255 e. The van der Waals surface area contributed by atoms with Crippen molar-refractivity contribution in [3.8, 4) is 5.95 Å². The molecule has 0 saturated carbocycles. The molecule has 0 saturated heterocycles. The molecule has 0 aromatic carbocycles. The molecule has 2 aromatic rings. The van der Waals surface area contributed by atoms with Gasteiger partial charge in [0.1, 0.15) is 0 Å². The second-order valence-electron chi connectivity index (χ2n) is 3.29. The van der Waals surface area contributed by atoms with E-state index < -0.39 is 6.10 Å². The zero-order chi connectivity index (χ0) is 13.0. The van der Waals surface area contributed by atoms with Crippen molar-refractivity contribution in [3.63, 3.8) is 0 Å². The van der Waals surface area contributed by atoms with Gasteiger partial charge in [0.2, 0.25) is 5.28 Å². The SMILES string of the molecule is OCC(O)CSc1nc(Cl)nc(-n2cccn2)n1. The lowest BCUT2D eigenvalue weighted by Gasteiger charge is -2.06. The molecule has 7 nitrogen and oxygen atoms in total. The molecule has 0 bridgehead atoms. The van der Waals surface area contributed by atoms with Crippen LogP contribution in [-0.2, 0) is 0 Å². The number of nitrogens with zero attached hydrogens (tertiary/aromatic N) is 5. The Bertz CT molecular complexity index is 510. The average molecular weight is 288 g/mol. The van der Waals surface area contributed by atoms with Crippen molar-refractivity contribution in [2.24, 2.45) is 0 Å². The van der Waals surface area contributed by atoms with Crippen LogP contribution in [0.25, 0.3) is 5.95 Å². The van der Waals surface area contributed by atoms with Crippen LogP contribution in [0.3, 0.4) is 0 Å². The van der Waals surface area contributed by atoms with E-state index in [1.54, 1.807) is 18.5 Å². The molecule has 0 radical (unpaired) electrons. The van der Waals surface area contributed by atoms with Crippen LogP contribution in [0.15, 0.2) is 23.6 Å². The number of thioether (sulfide) groups is 1. The standard InChI is InChI=1S/C9H10ClN5O2S/c10-7-12-8(15-3-1-2-11-15)14-9(13-7)18-5-6(17)4-16/h1-3,6,16-17H,4-5H2. The minimum absolute atomic E-state index is 0.0523. The van der Waals surface area contributed by atoms with E-state index in [1.165, 1.54) is 16.4 Å². The fourth-order valence-corrected chi connectivity index (χ4v) is 2.05. The summed E-state index contributed by atoms with van der Waals surface area (Å²) in [5.41, 5.74) is 0. The lowest BCUT2D eigenvalue weighted by Crippen LogP contribution is -2.15. The first kappa shape index (κ1) is 13.2. The van der Waals surface area contributed by atoms with Gasteiger partial charge in [-0.1, -0.05) is 11.8 Å². The molecule has 2 heterocycles. The van der Waals surface area contributed by atoms with E-state index in [0.29, 0.717) is 11.1 Å². The van der Waals surface area contributed by atoms with E-state index >= 15 is 0 Å². The maximum atomic E-state index is 9.25. The molecule has 0 aliphatic heterocycles. The summed E-state index contributed by atoms with van der Waals surface area (Å²) in [4.78, 5) is 12.0. The lowest BCUT2D eigenvalue weighted by atomic mass is 10.4. The minimum Gasteiger partial charge on any atom is -0.394 e. The second kappa shape index (κ2) is 6.10. The summed E-state index contributed by atoms with van der Waals surface area (Å²) in [6, 6.07) is 1.74. The Morgan fingerprint density at radius 1 is 1.39 bits per heavy atom. The molecular formula is C9H10ClN5O2S. The number of aromatic nitrogens is 5. The number of aliphatic hydroxyl groups excluding tert-OH is 2. The van der Waals surface area contributed by atoms with Crippen LogP contribution in [0, 0.1) is 0 Å². The van der Waals surface area contributed by atoms with Gasteiger partial charge in [0.05, 0.1) is 12.7 Å². The third kappa shape index (κ3) is 3.39. The third-order valence-corrected chi connectivity index (χ3v) is 3.06. The first-order chi connectivity index (χ1) is 8.69. The summed E-state index contributed by atoms with van der Waals surface area (Å²) in [6.07, 6.45) is 2.46. The van der Waals surface area contributed by atoms with Gasteiger partial charge in [-0.3, -0.25) is 0 Å². The molecule has 2 N–H and O–H groups in total. The van der Waals surface area contributed by atoms with Gasteiger partial charge < -0.3 is 10.2 Å². The van der Waals surface area contributed by atoms with Gasteiger partial charge in [-0.15, -0.1) is 0 Å². The highest BCUT2D eigenvalue weighted by Gasteiger charge is 2.10. The van der Waals surface area contributed by atoms with Gasteiger partial charge in [-0.05, 0) is 17.7 Å². The molecule has 1 atom stereocenters. The van der Waals surface area contributed by atoms with E-state index in [4.69, 9.17) is 16.7 Å². The van der Waals surface area contributed by atoms with Crippen LogP contribution in [0.5, 0.6) is 0 Å². The van der Waals surface area contributed by atoms with E-state index in [9.17, 15) is 5.11 Å². The van der Waals surface area contributed by atoms with E-state index in [2.05, 4.69) is 20.1 Å². The van der Waals surface area contributed by atoms with Crippen molar-refractivity contribution in [1.82, 2.24) is 24.7 Å². The van der Waals surface area contributed by atoms with Crippen molar-refractivity contribution in [2.45, 2.75) is 11.3 Å². The van der Waals surface area contributed by atoms with E-state index in [-0.39, 0.29) is 17.6 Å². The molecule has 0 amide bonds. The largest absolute Gasteiger partial charge is 0.394 e. The van der Waals surface area contributed by atoms with Crippen molar-refractivity contribution >= 4 is 23.4 Å². The van der Waals surface area contributed by atoms with Crippen molar-refractivity contribution in [1.29, 1.82) is 0 Å². The Labute approximate surface area is 112 Å². The van der Waals surface area contributed by atoms with Crippen LogP contribution in [0.2, 0.25) is 5.28 Å². The molecule has 0 spiro atoms. The highest BCUT2D eigenvalue weighted by atomic mass is 35.5. The number of rotatable bonds is 5. The van der Waals surface area contributed by atoms with Gasteiger partial charge in [0.25, 0.3) is 5.95 Å². The number of aliphatic hydroxyl groups is 2. The van der Waals surface area contributed by atoms with Crippen molar-refractivity contribution in [2.75, 3.05) is 12.4 Å². The Balaban J connectivity index is 2.17. The van der Waals surface area contributed by atoms with E-state index in [0.717, 1.165) is 0 Å². The van der Waals surface area contributed by atoms with Gasteiger partial charge in [-0.25, -0.2) is 4.68 Å². The molecule has 0 aliphatic carbocycles. The van der Waals surface area contributed by atoms with Gasteiger partial charge in [0.15, 0.2) is 5.16 Å². The summed E-state index contributed by atoms with van der Waals surface area (Å²) in [6.45, 7) is -0.308. The zero-order valence-electron chi connectivity index (χ0n) is 9.14. The van der Waals surface area contributed by atoms with Crippen LogP contribution < -0.4 is 0 Å². The number of hydrogen-bond donors (Lipinski definition) is 2. The van der Waals surface area contributed by atoms with Gasteiger partial charge in [-0.2, -0.15) is 20.1 Å². The summed E-state index contributed by atoms with van der Waals surface area (Å²) in [5.74, 6) is 0.580. The van der Waals surface area contributed by atoms with Crippen molar-refractivity contribution < 1.29 is 10.2 Å². The van der Waals surface area contributed by atoms with E-state index in [1.807, 2.05) is 0 Å². The molecule has 1 unspecified atom stereocenters. The maximum absolute atomic E-state index is 9.25. The summed E-state index contributed by atoms with van der Waals surface area (Å²) < 4.78 is 1.46. The van der Waals surface area contributed by atoms with Gasteiger partial charge >= 0.3 is 0 Å². The molecule has 18 heavy (non-hydrogen) atoms. The molecule has 0 fully saturated rings. The first-order valence-corrected chi connectivity index (χ1v) is 6.38. The Kier molecular flexibility index (Phi) is 4.48. The quantitative estimate of drug-likeness (QED) is 0.756. The predicted molar refractivity (Wildman–Crippen MR) is 65.8 cm³/mol. The molecule has 9 heteroatoms. The van der Waals surface area contributed by atoms with Crippen LogP contribution >= 0.6 is 23.4 Å². The Hall–Kier alpha value is -1.22. The number of hydrogen-bond acceptors (Lipinski definition) is 7. The van der Waals surface area contributed by atoms with Crippen LogP contribution in [0.1, 0.15) is 0 Å². The third-order valence-electron chi connectivity index (χ3n) is 1.90. The average Bonchev–Trinajstić information content (AvgIpc) is 2.89. The summed E-state index contributed by atoms with van der Waals surface area (Å²) in [5, 5.41) is 22.4. The second-order valence-corrected chi connectivity index (χ2v) is 4.61. The normalized spacial score (nSPS) is 12.6. The van der Waals surface area contributed by atoms with Crippen LogP contribution in [-0.4, -0.2) is 53.4 Å². The molecule has 2 rings (SSSR count). The van der Waals surface area contributed by atoms with Gasteiger partial charge in [0, 0.05) is 18.1 Å².